The second-order valence-electron chi connectivity index (χ2n) is 12.0. The molecule has 5 aromatic rings. The summed E-state index contributed by atoms with van der Waals surface area (Å²) in [7, 11) is 0.928. The van der Waals surface area contributed by atoms with E-state index in [0.29, 0.717) is 35.9 Å². The van der Waals surface area contributed by atoms with Crippen molar-refractivity contribution in [2.75, 3.05) is 33.7 Å². The zero-order chi connectivity index (χ0) is 32.4. The van der Waals surface area contributed by atoms with E-state index < -0.39 is 10.0 Å². The van der Waals surface area contributed by atoms with Gasteiger partial charge in [-0.15, -0.1) is 0 Å². The molecule has 240 valence electrons. The molecule has 11 heteroatoms. The Morgan fingerprint density at radius 3 is 2.57 bits per heavy atom. The first-order valence-electron chi connectivity index (χ1n) is 15.4. The molecular formula is C35H38ClFN6O2S. The first-order valence-corrected chi connectivity index (χ1v) is 17.4. The molecular weight excluding hydrogens is 623 g/mol. The van der Waals surface area contributed by atoms with E-state index in [-0.39, 0.29) is 11.6 Å². The Morgan fingerprint density at radius 2 is 1.80 bits per heavy atom. The first kappa shape index (κ1) is 32.1. The van der Waals surface area contributed by atoms with E-state index in [1.807, 2.05) is 66.3 Å². The maximum Gasteiger partial charge on any atom is 0.218 e. The summed E-state index contributed by atoms with van der Waals surface area (Å²) in [6, 6.07) is 18.2. The molecule has 1 saturated heterocycles. The zero-order valence-electron chi connectivity index (χ0n) is 26.3. The van der Waals surface area contributed by atoms with Crippen molar-refractivity contribution in [1.82, 2.24) is 23.7 Å². The van der Waals surface area contributed by atoms with Crippen LogP contribution in [0.15, 0.2) is 78.0 Å². The van der Waals surface area contributed by atoms with Gasteiger partial charge >= 0.3 is 0 Å². The number of aromatic amines is 1. The maximum absolute atomic E-state index is 14.3. The number of hydrogen-bond acceptors (Lipinski definition) is 5. The van der Waals surface area contributed by atoms with Gasteiger partial charge in [0, 0.05) is 52.9 Å². The highest BCUT2D eigenvalue weighted by Gasteiger charge is 2.26. The Kier molecular flexibility index (Phi) is 9.42. The minimum Gasteiger partial charge on any atom is -0.361 e. The number of aromatic nitrogens is 3. The van der Waals surface area contributed by atoms with Crippen LogP contribution in [-0.2, 0) is 28.7 Å². The number of nitrogens with zero attached hydrogens (tertiary/aromatic N) is 5. The average Bonchev–Trinajstić information content (AvgIpc) is 3.77. The summed E-state index contributed by atoms with van der Waals surface area (Å²) in [6.45, 7) is 4.70. The van der Waals surface area contributed by atoms with Gasteiger partial charge in [-0.1, -0.05) is 29.8 Å². The predicted octanol–water partition coefficient (Wildman–Crippen LogP) is 6.52. The first-order chi connectivity index (χ1) is 22.1. The van der Waals surface area contributed by atoms with Gasteiger partial charge in [0.15, 0.2) is 0 Å². The highest BCUT2D eigenvalue weighted by Crippen LogP contribution is 2.29. The highest BCUT2D eigenvalue weighted by molar-refractivity contribution is 7.88. The lowest BCUT2D eigenvalue weighted by atomic mass is 10.00. The van der Waals surface area contributed by atoms with Crippen molar-refractivity contribution in [2.45, 2.75) is 38.5 Å². The maximum atomic E-state index is 14.3. The van der Waals surface area contributed by atoms with E-state index in [2.05, 4.69) is 34.0 Å². The van der Waals surface area contributed by atoms with Gasteiger partial charge in [-0.3, -0.25) is 9.56 Å². The van der Waals surface area contributed by atoms with Crippen molar-refractivity contribution >= 4 is 38.2 Å². The largest absolute Gasteiger partial charge is 0.361 e. The number of fused-ring (bicyclic) bond motifs is 4. The molecule has 0 aliphatic carbocycles. The number of rotatable bonds is 7. The molecule has 7 rings (SSSR count). The molecule has 46 heavy (non-hydrogen) atoms. The average molecular weight is 661 g/mol. The quantitative estimate of drug-likeness (QED) is 0.215. The van der Waals surface area contributed by atoms with Gasteiger partial charge in [-0.25, -0.2) is 22.1 Å². The number of benzene rings is 3. The Hall–Kier alpha value is -3.83. The molecule has 0 amide bonds. The van der Waals surface area contributed by atoms with Gasteiger partial charge in [-0.2, -0.15) is 0 Å². The van der Waals surface area contributed by atoms with Gasteiger partial charge in [0.25, 0.3) is 0 Å². The third kappa shape index (κ3) is 6.80. The van der Waals surface area contributed by atoms with E-state index in [0.717, 1.165) is 65.0 Å². The predicted molar refractivity (Wildman–Crippen MR) is 183 cm³/mol. The van der Waals surface area contributed by atoms with E-state index in [4.69, 9.17) is 11.6 Å². The molecule has 2 aromatic heterocycles. The summed E-state index contributed by atoms with van der Waals surface area (Å²) in [4.78, 5) is 14.4. The minimum absolute atomic E-state index is 0.0985. The van der Waals surface area contributed by atoms with Crippen LogP contribution in [0.2, 0.25) is 5.02 Å². The van der Waals surface area contributed by atoms with E-state index in [1.165, 1.54) is 11.6 Å². The standard InChI is InChI=1S/C18H13ClFN3.C17H25N3O2S/c1-11-21-9-13-10-22-18(14-4-2-3-5-16(14)20)15-8-12(19)6-7-17(15)23(11)13;1-19(2)10-7-15-12-18-17-6-5-14(11-16(15)17)13-23(21,22)20-8-3-4-9-20/h2-9H,10H2,1H3;5-6,11-12,18H,3-4,7-10,13H2,1-2H3. The van der Waals surface area contributed by atoms with Crippen molar-refractivity contribution in [3.05, 3.63) is 118 Å². The third-order valence-electron chi connectivity index (χ3n) is 8.46. The molecule has 0 unspecified atom stereocenters. The Bertz CT molecular complexity index is 2010. The van der Waals surface area contributed by atoms with Crippen LogP contribution in [-0.4, -0.2) is 71.6 Å². The van der Waals surface area contributed by atoms with Crippen molar-refractivity contribution in [3.8, 4) is 5.69 Å². The molecule has 4 heterocycles. The third-order valence-corrected chi connectivity index (χ3v) is 10.5. The normalized spacial score (nSPS) is 14.9. The van der Waals surface area contributed by atoms with E-state index in [1.54, 1.807) is 16.4 Å². The number of halogens is 2. The van der Waals surface area contributed by atoms with Crippen LogP contribution in [0.5, 0.6) is 0 Å². The molecule has 3 aromatic carbocycles. The second kappa shape index (κ2) is 13.5. The number of aliphatic imine (C=N–C) groups is 1. The molecule has 0 radical (unpaired) electrons. The van der Waals surface area contributed by atoms with Crippen molar-refractivity contribution in [3.63, 3.8) is 0 Å². The molecule has 1 fully saturated rings. The van der Waals surface area contributed by atoms with Crippen LogP contribution in [0.25, 0.3) is 16.6 Å². The zero-order valence-corrected chi connectivity index (χ0v) is 27.9. The molecule has 0 atom stereocenters. The summed E-state index contributed by atoms with van der Waals surface area (Å²) in [6.07, 6.45) is 6.75. The van der Waals surface area contributed by atoms with Gasteiger partial charge in [-0.05, 0) is 93.9 Å². The molecule has 0 saturated carbocycles. The number of imidazole rings is 1. The van der Waals surface area contributed by atoms with Crippen molar-refractivity contribution in [1.29, 1.82) is 0 Å². The van der Waals surface area contributed by atoms with E-state index >= 15 is 0 Å². The lowest BCUT2D eigenvalue weighted by Gasteiger charge is -2.15. The highest BCUT2D eigenvalue weighted by atomic mass is 35.5. The molecule has 2 aliphatic rings. The smallest absolute Gasteiger partial charge is 0.218 e. The minimum atomic E-state index is -3.19. The Morgan fingerprint density at radius 1 is 1.02 bits per heavy atom. The second-order valence-corrected chi connectivity index (χ2v) is 14.5. The molecule has 8 nitrogen and oxygen atoms in total. The Labute approximate surface area is 274 Å². The van der Waals surface area contributed by atoms with Crippen molar-refractivity contribution in [2.24, 2.45) is 4.99 Å². The number of hydrogen-bond donors (Lipinski definition) is 1. The molecule has 0 spiro atoms. The SMILES string of the molecule is CN(C)CCc1c[nH]c2ccc(CS(=O)(=O)N3CCCC3)cc12.Cc1ncc2n1-c1ccc(Cl)cc1C(c1ccccc1F)=NC2. The number of sulfonamides is 1. The number of likely N-dealkylation sites (N-methyl/N-ethyl adjacent to an activating group) is 1. The van der Waals surface area contributed by atoms with Crippen LogP contribution in [0.4, 0.5) is 4.39 Å². The van der Waals surface area contributed by atoms with E-state index in [9.17, 15) is 12.8 Å². The van der Waals surface area contributed by atoms with Gasteiger partial charge in [0.05, 0.1) is 35.6 Å². The van der Waals surface area contributed by atoms with Crippen LogP contribution in [0, 0.1) is 12.7 Å². The summed E-state index contributed by atoms with van der Waals surface area (Å²) in [5.74, 6) is 0.675. The summed E-state index contributed by atoms with van der Waals surface area (Å²) in [5, 5.41) is 1.73. The number of nitrogens with one attached hydrogen (secondary N) is 1. The molecule has 1 N–H and O–H groups in total. The fourth-order valence-electron chi connectivity index (χ4n) is 6.09. The van der Waals surface area contributed by atoms with Crippen LogP contribution in [0.1, 0.15) is 46.6 Å². The topological polar surface area (TPSA) is 86.6 Å². The lowest BCUT2D eigenvalue weighted by molar-refractivity contribution is 0.414. The lowest BCUT2D eigenvalue weighted by Crippen LogP contribution is -2.29. The molecule has 2 aliphatic heterocycles. The van der Waals surface area contributed by atoms with Gasteiger partial charge in [0.2, 0.25) is 10.0 Å². The van der Waals surface area contributed by atoms with Gasteiger partial charge < -0.3 is 9.88 Å². The van der Waals surface area contributed by atoms with Crippen LogP contribution < -0.4 is 0 Å². The fraction of sp³-hybridized carbons (Fsp3) is 0.314. The molecule has 0 bridgehead atoms. The fourth-order valence-corrected chi connectivity index (χ4v) is 7.86. The summed E-state index contributed by atoms with van der Waals surface area (Å²) >= 11 is 6.19. The van der Waals surface area contributed by atoms with Crippen molar-refractivity contribution < 1.29 is 12.8 Å². The number of aryl methyl sites for hydroxylation is 1. The summed E-state index contributed by atoms with van der Waals surface area (Å²) in [5.41, 5.74) is 6.97. The summed E-state index contributed by atoms with van der Waals surface area (Å²) < 4.78 is 42.9. The Balaban J connectivity index is 0.000000162. The monoisotopic (exact) mass is 660 g/mol. The number of H-pyrrole nitrogens is 1. The van der Waals surface area contributed by atoms with Gasteiger partial charge in [0.1, 0.15) is 11.6 Å². The van der Waals surface area contributed by atoms with Crippen LogP contribution in [0.3, 0.4) is 0 Å². The van der Waals surface area contributed by atoms with Crippen LogP contribution >= 0.6 is 11.6 Å².